The largest absolute Gasteiger partial charge is 0.309 e. The van der Waals surface area contributed by atoms with E-state index in [4.69, 9.17) is 0 Å². The molecule has 0 amide bonds. The van der Waals surface area contributed by atoms with E-state index in [2.05, 4.69) is 157 Å². The minimum absolute atomic E-state index is 1.15. The molecule has 0 aliphatic carbocycles. The lowest BCUT2D eigenvalue weighted by Gasteiger charge is -2.28. The van der Waals surface area contributed by atoms with Gasteiger partial charge < -0.3 is 4.90 Å². The van der Waals surface area contributed by atoms with Crippen LogP contribution in [0.1, 0.15) is 0 Å². The first-order valence-corrected chi connectivity index (χ1v) is 13.4. The minimum atomic E-state index is 1.15. The van der Waals surface area contributed by atoms with Gasteiger partial charge in [0.25, 0.3) is 0 Å². The van der Waals surface area contributed by atoms with Crippen LogP contribution in [0.3, 0.4) is 0 Å². The molecule has 0 bridgehead atoms. The molecule has 1 heteroatoms. The standard InChI is InChI=1S/C38H25N/c1-2-12-29-24-32(21-19-26(29)9-1)39(37-17-7-14-27-10-5-6-15-33(27)37)38-18-8-16-34-35(38)22-20-31-23-28-11-3-4-13-30(28)25-36(31)34/h1-25H. The van der Waals surface area contributed by atoms with Crippen LogP contribution in [0.25, 0.3) is 53.9 Å². The zero-order valence-corrected chi connectivity index (χ0v) is 21.4. The van der Waals surface area contributed by atoms with Crippen molar-refractivity contribution in [3.8, 4) is 0 Å². The van der Waals surface area contributed by atoms with Gasteiger partial charge in [-0.3, -0.25) is 0 Å². The summed E-state index contributed by atoms with van der Waals surface area (Å²) in [7, 11) is 0. The third-order valence-corrected chi connectivity index (χ3v) is 7.96. The van der Waals surface area contributed by atoms with Gasteiger partial charge >= 0.3 is 0 Å². The van der Waals surface area contributed by atoms with Gasteiger partial charge in [0, 0.05) is 16.5 Å². The van der Waals surface area contributed by atoms with Gasteiger partial charge in [0.05, 0.1) is 11.4 Å². The second-order valence-electron chi connectivity index (χ2n) is 10.2. The summed E-state index contributed by atoms with van der Waals surface area (Å²) in [4.78, 5) is 2.43. The molecular formula is C38H25N. The van der Waals surface area contributed by atoms with Crippen LogP contribution in [0, 0.1) is 0 Å². The van der Waals surface area contributed by atoms with Crippen LogP contribution in [-0.4, -0.2) is 0 Å². The second kappa shape index (κ2) is 8.72. The predicted octanol–water partition coefficient (Wildman–Crippen LogP) is 10.9. The summed E-state index contributed by atoms with van der Waals surface area (Å²) >= 11 is 0. The van der Waals surface area contributed by atoms with Crippen LogP contribution >= 0.6 is 0 Å². The molecule has 8 aromatic carbocycles. The smallest absolute Gasteiger partial charge is 0.0540 e. The number of benzene rings is 8. The summed E-state index contributed by atoms with van der Waals surface area (Å²) in [6.07, 6.45) is 0. The molecule has 0 atom stereocenters. The quantitative estimate of drug-likeness (QED) is 0.174. The van der Waals surface area contributed by atoms with E-state index in [1.54, 1.807) is 0 Å². The number of rotatable bonds is 3. The molecule has 0 spiro atoms. The van der Waals surface area contributed by atoms with E-state index in [1.165, 1.54) is 65.2 Å². The summed E-state index contributed by atoms with van der Waals surface area (Å²) in [6.45, 7) is 0. The van der Waals surface area contributed by atoms with E-state index in [-0.39, 0.29) is 0 Å². The Bertz CT molecular complexity index is 2190. The average Bonchev–Trinajstić information content (AvgIpc) is 3.00. The zero-order valence-electron chi connectivity index (χ0n) is 21.4. The Hall–Kier alpha value is -5.14. The highest BCUT2D eigenvalue weighted by Gasteiger charge is 2.18. The highest BCUT2D eigenvalue weighted by Crippen LogP contribution is 2.44. The highest BCUT2D eigenvalue weighted by atomic mass is 15.1. The third-order valence-electron chi connectivity index (χ3n) is 7.96. The Morgan fingerprint density at radius 2 is 0.846 bits per heavy atom. The van der Waals surface area contributed by atoms with E-state index < -0.39 is 0 Å². The van der Waals surface area contributed by atoms with Gasteiger partial charge in [-0.1, -0.05) is 115 Å². The van der Waals surface area contributed by atoms with Crippen molar-refractivity contribution < 1.29 is 0 Å². The first-order chi connectivity index (χ1) is 19.3. The minimum Gasteiger partial charge on any atom is -0.309 e. The molecule has 0 radical (unpaired) electrons. The topological polar surface area (TPSA) is 3.24 Å². The lowest BCUT2D eigenvalue weighted by molar-refractivity contribution is 1.32. The van der Waals surface area contributed by atoms with Gasteiger partial charge in [0.1, 0.15) is 0 Å². The summed E-state index contributed by atoms with van der Waals surface area (Å²) in [5.74, 6) is 0. The molecule has 182 valence electrons. The van der Waals surface area contributed by atoms with Crippen LogP contribution < -0.4 is 4.90 Å². The number of fused-ring (bicyclic) bond motifs is 6. The van der Waals surface area contributed by atoms with E-state index in [9.17, 15) is 0 Å². The van der Waals surface area contributed by atoms with Crippen molar-refractivity contribution in [2.45, 2.75) is 0 Å². The van der Waals surface area contributed by atoms with Crippen molar-refractivity contribution in [2.24, 2.45) is 0 Å². The fourth-order valence-electron chi connectivity index (χ4n) is 6.09. The number of anilines is 3. The maximum atomic E-state index is 2.43. The normalized spacial score (nSPS) is 11.6. The van der Waals surface area contributed by atoms with Gasteiger partial charge in [0.2, 0.25) is 0 Å². The van der Waals surface area contributed by atoms with Crippen molar-refractivity contribution in [2.75, 3.05) is 4.90 Å². The van der Waals surface area contributed by atoms with E-state index >= 15 is 0 Å². The Morgan fingerprint density at radius 3 is 1.67 bits per heavy atom. The lowest BCUT2D eigenvalue weighted by Crippen LogP contribution is -2.11. The van der Waals surface area contributed by atoms with Crippen molar-refractivity contribution >= 4 is 70.9 Å². The highest BCUT2D eigenvalue weighted by molar-refractivity contribution is 6.16. The van der Waals surface area contributed by atoms with Crippen molar-refractivity contribution in [3.05, 3.63) is 152 Å². The second-order valence-corrected chi connectivity index (χ2v) is 10.2. The SMILES string of the molecule is c1ccc2cc(N(c3cccc4ccccc34)c3cccc4c3ccc3cc5ccccc5cc34)ccc2c1. The van der Waals surface area contributed by atoms with Crippen LogP contribution in [-0.2, 0) is 0 Å². The summed E-state index contributed by atoms with van der Waals surface area (Å²) in [6, 6.07) is 55.2. The maximum Gasteiger partial charge on any atom is 0.0540 e. The van der Waals surface area contributed by atoms with Gasteiger partial charge in [-0.2, -0.15) is 0 Å². The molecule has 0 fully saturated rings. The summed E-state index contributed by atoms with van der Waals surface area (Å²) in [5, 5.41) is 12.5. The van der Waals surface area contributed by atoms with Gasteiger partial charge in [0.15, 0.2) is 0 Å². The molecule has 1 nitrogen and oxygen atoms in total. The molecule has 0 heterocycles. The summed E-state index contributed by atoms with van der Waals surface area (Å²) in [5.41, 5.74) is 3.50. The molecule has 0 aliphatic heterocycles. The van der Waals surface area contributed by atoms with Gasteiger partial charge in [-0.05, 0) is 79.5 Å². The van der Waals surface area contributed by atoms with E-state index in [0.29, 0.717) is 0 Å². The Morgan fingerprint density at radius 1 is 0.282 bits per heavy atom. The first kappa shape index (κ1) is 21.9. The molecule has 8 aromatic rings. The molecule has 0 aliphatic rings. The predicted molar refractivity (Wildman–Crippen MR) is 169 cm³/mol. The van der Waals surface area contributed by atoms with Crippen molar-refractivity contribution in [1.29, 1.82) is 0 Å². The monoisotopic (exact) mass is 495 g/mol. The van der Waals surface area contributed by atoms with E-state index in [1.807, 2.05) is 0 Å². The van der Waals surface area contributed by atoms with Crippen LogP contribution in [0.5, 0.6) is 0 Å². The average molecular weight is 496 g/mol. The number of hydrogen-bond donors (Lipinski definition) is 0. The van der Waals surface area contributed by atoms with Crippen LogP contribution in [0.2, 0.25) is 0 Å². The molecule has 0 N–H and O–H groups in total. The zero-order chi connectivity index (χ0) is 25.8. The molecule has 0 saturated heterocycles. The summed E-state index contributed by atoms with van der Waals surface area (Å²) < 4.78 is 0. The molecule has 8 rings (SSSR count). The molecule has 0 unspecified atom stereocenters. The van der Waals surface area contributed by atoms with Crippen molar-refractivity contribution in [1.82, 2.24) is 0 Å². The van der Waals surface area contributed by atoms with Gasteiger partial charge in [-0.15, -0.1) is 0 Å². The van der Waals surface area contributed by atoms with Gasteiger partial charge in [-0.25, -0.2) is 0 Å². The Kier molecular flexibility index (Phi) is 4.89. The lowest BCUT2D eigenvalue weighted by atomic mass is 9.96. The first-order valence-electron chi connectivity index (χ1n) is 13.4. The molecular weight excluding hydrogens is 470 g/mol. The Labute approximate surface area is 227 Å². The Balaban J connectivity index is 1.45. The number of hydrogen-bond acceptors (Lipinski definition) is 1. The van der Waals surface area contributed by atoms with Crippen LogP contribution in [0.15, 0.2) is 152 Å². The fraction of sp³-hybridized carbons (Fsp3) is 0. The fourth-order valence-corrected chi connectivity index (χ4v) is 6.09. The molecule has 39 heavy (non-hydrogen) atoms. The van der Waals surface area contributed by atoms with Crippen LogP contribution in [0.4, 0.5) is 17.1 Å². The molecule has 0 saturated carbocycles. The van der Waals surface area contributed by atoms with E-state index in [0.717, 1.165) is 5.69 Å². The maximum absolute atomic E-state index is 2.43. The number of nitrogens with zero attached hydrogens (tertiary/aromatic N) is 1. The van der Waals surface area contributed by atoms with Crippen molar-refractivity contribution in [3.63, 3.8) is 0 Å². The molecule has 0 aromatic heterocycles. The third kappa shape index (κ3) is 3.55.